The average Bonchev–Trinajstić information content (AvgIpc) is 3.02. The number of carbonyl (C=O) groups excluding carboxylic acids is 1. The normalized spacial score (nSPS) is 18.1. The number of nitrogens with zero attached hydrogens (tertiary/aromatic N) is 3. The first kappa shape index (κ1) is 17.7. The molecule has 8 heteroatoms. The molecule has 0 radical (unpaired) electrons. The molecule has 1 saturated heterocycles. The number of halogens is 1. The van der Waals surface area contributed by atoms with E-state index in [1.807, 2.05) is 0 Å². The highest BCUT2D eigenvalue weighted by Gasteiger charge is 2.26. The number of rotatable bonds is 5. The van der Waals surface area contributed by atoms with Crippen molar-refractivity contribution in [2.45, 2.75) is 25.7 Å². The van der Waals surface area contributed by atoms with Gasteiger partial charge in [0.15, 0.2) is 5.82 Å². The number of hydrogen-bond donors (Lipinski definition) is 1. The number of carbonyl (C=O) groups is 1. The van der Waals surface area contributed by atoms with Crippen molar-refractivity contribution in [1.29, 1.82) is 0 Å². The third-order valence-electron chi connectivity index (χ3n) is 4.20. The quantitative estimate of drug-likeness (QED) is 0.878. The fourth-order valence-corrected chi connectivity index (χ4v) is 3.22. The van der Waals surface area contributed by atoms with Crippen molar-refractivity contribution in [3.63, 3.8) is 0 Å². The van der Waals surface area contributed by atoms with Crippen LogP contribution in [0.5, 0.6) is 5.75 Å². The number of aryl methyl sites for hydroxylation is 1. The Hall–Kier alpha value is -2.12. The van der Waals surface area contributed by atoms with Crippen LogP contribution in [0.25, 0.3) is 0 Å². The number of anilines is 1. The van der Waals surface area contributed by atoms with Gasteiger partial charge in [-0.2, -0.15) is 4.98 Å². The van der Waals surface area contributed by atoms with Gasteiger partial charge in [-0.15, -0.1) is 0 Å². The lowest BCUT2D eigenvalue weighted by Gasteiger charge is -2.30. The number of likely N-dealkylation sites (tertiary alicyclic amines) is 1. The van der Waals surface area contributed by atoms with Gasteiger partial charge < -0.3 is 14.6 Å². The fourth-order valence-electron chi connectivity index (χ4n) is 3.05. The summed E-state index contributed by atoms with van der Waals surface area (Å²) in [6, 6.07) is 5.13. The molecule has 1 atom stereocenters. The molecule has 0 spiro atoms. The lowest BCUT2D eigenvalue weighted by atomic mass is 9.98. The molecular formula is C17H21ClN4O3. The summed E-state index contributed by atoms with van der Waals surface area (Å²) in [7, 11) is 1.56. The van der Waals surface area contributed by atoms with Gasteiger partial charge in [-0.1, -0.05) is 16.8 Å². The minimum absolute atomic E-state index is 0.108. The van der Waals surface area contributed by atoms with E-state index in [1.165, 1.54) is 0 Å². The largest absolute Gasteiger partial charge is 0.495 e. The van der Waals surface area contributed by atoms with Gasteiger partial charge in [-0.25, -0.2) is 0 Å². The Morgan fingerprint density at radius 1 is 1.52 bits per heavy atom. The average molecular weight is 365 g/mol. The van der Waals surface area contributed by atoms with Crippen LogP contribution in [-0.4, -0.2) is 47.7 Å². The van der Waals surface area contributed by atoms with Crippen molar-refractivity contribution in [1.82, 2.24) is 15.0 Å². The number of piperidine rings is 1. The molecule has 1 fully saturated rings. The van der Waals surface area contributed by atoms with Gasteiger partial charge in [0.1, 0.15) is 5.75 Å². The third kappa shape index (κ3) is 4.49. The van der Waals surface area contributed by atoms with Crippen molar-refractivity contribution < 1.29 is 14.1 Å². The molecule has 3 rings (SSSR count). The maximum Gasteiger partial charge on any atom is 0.238 e. The summed E-state index contributed by atoms with van der Waals surface area (Å²) in [5, 5.41) is 7.26. The van der Waals surface area contributed by atoms with Crippen LogP contribution in [0.15, 0.2) is 22.7 Å². The van der Waals surface area contributed by atoms with Crippen LogP contribution in [0.3, 0.4) is 0 Å². The van der Waals surface area contributed by atoms with Crippen LogP contribution in [-0.2, 0) is 4.79 Å². The van der Waals surface area contributed by atoms with Crippen LogP contribution >= 0.6 is 11.6 Å². The fraction of sp³-hybridized carbons (Fsp3) is 0.471. The predicted molar refractivity (Wildman–Crippen MR) is 94.1 cm³/mol. The maximum absolute atomic E-state index is 12.4. The highest BCUT2D eigenvalue weighted by molar-refractivity contribution is 6.31. The van der Waals surface area contributed by atoms with Crippen molar-refractivity contribution >= 4 is 23.2 Å². The molecule has 1 aromatic heterocycles. The molecule has 1 aliphatic heterocycles. The molecule has 7 nitrogen and oxygen atoms in total. The number of amides is 1. The Kier molecular flexibility index (Phi) is 5.55. The number of methoxy groups -OCH3 is 1. The van der Waals surface area contributed by atoms with Gasteiger partial charge in [0.05, 0.1) is 25.3 Å². The molecule has 1 amide bonds. The number of ether oxygens (including phenoxy) is 1. The van der Waals surface area contributed by atoms with Crippen LogP contribution in [0.4, 0.5) is 5.69 Å². The van der Waals surface area contributed by atoms with Crippen molar-refractivity contribution in [3.8, 4) is 5.75 Å². The summed E-state index contributed by atoms with van der Waals surface area (Å²) in [5.41, 5.74) is 0.570. The molecule has 1 aromatic carbocycles. The van der Waals surface area contributed by atoms with Crippen molar-refractivity contribution in [2.24, 2.45) is 0 Å². The summed E-state index contributed by atoms with van der Waals surface area (Å²) in [5.74, 6) is 1.93. The molecule has 1 aliphatic rings. The lowest BCUT2D eigenvalue weighted by Crippen LogP contribution is -2.39. The lowest BCUT2D eigenvalue weighted by molar-refractivity contribution is -0.117. The number of nitrogens with one attached hydrogen (secondary N) is 1. The highest BCUT2D eigenvalue weighted by Crippen LogP contribution is 2.28. The van der Waals surface area contributed by atoms with Crippen LogP contribution in [0, 0.1) is 6.92 Å². The first-order chi connectivity index (χ1) is 12.0. The second-order valence-electron chi connectivity index (χ2n) is 6.15. The Labute approximate surface area is 151 Å². The van der Waals surface area contributed by atoms with Gasteiger partial charge in [-0.3, -0.25) is 9.69 Å². The number of hydrogen-bond acceptors (Lipinski definition) is 6. The van der Waals surface area contributed by atoms with E-state index in [-0.39, 0.29) is 11.8 Å². The van der Waals surface area contributed by atoms with E-state index >= 15 is 0 Å². The Morgan fingerprint density at radius 3 is 3.08 bits per heavy atom. The Morgan fingerprint density at radius 2 is 2.36 bits per heavy atom. The van der Waals surface area contributed by atoms with Crippen molar-refractivity contribution in [2.75, 3.05) is 32.1 Å². The predicted octanol–water partition coefficient (Wildman–Crippen LogP) is 2.86. The van der Waals surface area contributed by atoms with Crippen LogP contribution in [0.2, 0.25) is 5.02 Å². The molecule has 2 aromatic rings. The first-order valence-corrected chi connectivity index (χ1v) is 8.59. The summed E-state index contributed by atoms with van der Waals surface area (Å²) < 4.78 is 10.5. The van der Waals surface area contributed by atoms with Gasteiger partial charge in [0, 0.05) is 11.6 Å². The summed E-state index contributed by atoms with van der Waals surface area (Å²) in [4.78, 5) is 18.8. The molecule has 1 N–H and O–H groups in total. The van der Waals surface area contributed by atoms with E-state index in [9.17, 15) is 4.79 Å². The van der Waals surface area contributed by atoms with Gasteiger partial charge in [0.2, 0.25) is 11.8 Å². The SMILES string of the molecule is COc1ccc(Cl)cc1NC(=O)CN1CCCC(c2nc(C)no2)C1. The van der Waals surface area contributed by atoms with E-state index in [1.54, 1.807) is 32.2 Å². The smallest absolute Gasteiger partial charge is 0.238 e. The second kappa shape index (κ2) is 7.84. The molecule has 0 saturated carbocycles. The van der Waals surface area contributed by atoms with E-state index in [2.05, 4.69) is 20.4 Å². The molecule has 1 unspecified atom stereocenters. The van der Waals surface area contributed by atoms with E-state index in [0.29, 0.717) is 34.7 Å². The standard InChI is InChI=1S/C17H21ClN4O3/c1-11-19-17(25-21-11)12-4-3-7-22(9-12)10-16(23)20-14-8-13(18)5-6-15(14)24-2/h5-6,8,12H,3-4,7,9-10H2,1-2H3,(H,20,23). The Balaban J connectivity index is 1.60. The maximum atomic E-state index is 12.4. The number of aromatic nitrogens is 2. The van der Waals surface area contributed by atoms with E-state index in [0.717, 1.165) is 25.9 Å². The topological polar surface area (TPSA) is 80.5 Å². The zero-order chi connectivity index (χ0) is 17.8. The minimum Gasteiger partial charge on any atom is -0.495 e. The summed E-state index contributed by atoms with van der Waals surface area (Å²) >= 11 is 6.00. The van der Waals surface area contributed by atoms with Gasteiger partial charge in [-0.05, 0) is 44.5 Å². The van der Waals surface area contributed by atoms with Crippen molar-refractivity contribution in [3.05, 3.63) is 34.9 Å². The van der Waals surface area contributed by atoms with Gasteiger partial charge in [0.25, 0.3) is 0 Å². The second-order valence-corrected chi connectivity index (χ2v) is 6.58. The third-order valence-corrected chi connectivity index (χ3v) is 4.44. The molecule has 134 valence electrons. The minimum atomic E-state index is -0.108. The Bertz CT molecular complexity index is 749. The first-order valence-electron chi connectivity index (χ1n) is 8.21. The summed E-state index contributed by atoms with van der Waals surface area (Å²) in [6.07, 6.45) is 1.97. The molecule has 25 heavy (non-hydrogen) atoms. The summed E-state index contributed by atoms with van der Waals surface area (Å²) in [6.45, 7) is 3.68. The van der Waals surface area contributed by atoms with Gasteiger partial charge >= 0.3 is 0 Å². The van der Waals surface area contributed by atoms with E-state index in [4.69, 9.17) is 20.9 Å². The van der Waals surface area contributed by atoms with Crippen LogP contribution < -0.4 is 10.1 Å². The molecular weight excluding hydrogens is 344 g/mol. The zero-order valence-corrected chi connectivity index (χ0v) is 15.0. The highest BCUT2D eigenvalue weighted by atomic mass is 35.5. The molecule has 0 bridgehead atoms. The molecule has 0 aliphatic carbocycles. The number of benzene rings is 1. The zero-order valence-electron chi connectivity index (χ0n) is 14.3. The monoisotopic (exact) mass is 364 g/mol. The van der Waals surface area contributed by atoms with Crippen LogP contribution in [0.1, 0.15) is 30.5 Å². The van der Waals surface area contributed by atoms with E-state index < -0.39 is 0 Å². The molecule has 2 heterocycles.